The highest BCUT2D eigenvalue weighted by Crippen LogP contribution is 2.20. The molecule has 1 aromatic carbocycles. The number of aromatic nitrogens is 1. The lowest BCUT2D eigenvalue weighted by Gasteiger charge is -2.08. The third kappa shape index (κ3) is 2.87. The van der Waals surface area contributed by atoms with Crippen molar-refractivity contribution < 1.29 is 18.0 Å². The fourth-order valence-electron chi connectivity index (χ4n) is 1.67. The number of carbonyl (C=O) groups excluding carboxylic acids is 1. The summed E-state index contributed by atoms with van der Waals surface area (Å²) >= 11 is 0. The number of anilines is 2. The van der Waals surface area contributed by atoms with Gasteiger partial charge in [0.1, 0.15) is 11.6 Å². The number of halogens is 3. The highest BCUT2D eigenvalue weighted by atomic mass is 19.2. The number of nitrogens with one attached hydrogen (secondary N) is 1. The summed E-state index contributed by atoms with van der Waals surface area (Å²) in [5, 5.41) is 2.09. The average molecular weight is 281 g/mol. The summed E-state index contributed by atoms with van der Waals surface area (Å²) in [6.45, 7) is 1.62. The number of amides is 1. The molecule has 1 aromatic heterocycles. The Morgan fingerprint density at radius 3 is 2.55 bits per heavy atom. The van der Waals surface area contributed by atoms with Crippen LogP contribution in [0.1, 0.15) is 16.1 Å². The van der Waals surface area contributed by atoms with Crippen LogP contribution in [0.4, 0.5) is 24.7 Å². The minimum absolute atomic E-state index is 0.110. The molecule has 0 spiro atoms. The van der Waals surface area contributed by atoms with E-state index < -0.39 is 29.0 Å². The maximum atomic E-state index is 13.4. The van der Waals surface area contributed by atoms with E-state index in [1.807, 2.05) is 0 Å². The van der Waals surface area contributed by atoms with E-state index in [2.05, 4.69) is 10.3 Å². The van der Waals surface area contributed by atoms with Crippen LogP contribution in [0.25, 0.3) is 0 Å². The third-order valence-electron chi connectivity index (χ3n) is 2.48. The fourth-order valence-corrected chi connectivity index (χ4v) is 1.67. The second-order valence-electron chi connectivity index (χ2n) is 4.13. The molecular weight excluding hydrogens is 271 g/mol. The van der Waals surface area contributed by atoms with Crippen LogP contribution in [0, 0.1) is 24.4 Å². The number of rotatable bonds is 2. The molecule has 0 atom stereocenters. The zero-order chi connectivity index (χ0) is 14.9. The molecule has 1 heterocycles. The normalized spacial score (nSPS) is 10.4. The van der Waals surface area contributed by atoms with Gasteiger partial charge in [-0.25, -0.2) is 18.2 Å². The summed E-state index contributed by atoms with van der Waals surface area (Å²) < 4.78 is 39.4. The number of carbonyl (C=O) groups is 1. The van der Waals surface area contributed by atoms with Gasteiger partial charge in [-0.3, -0.25) is 4.79 Å². The zero-order valence-corrected chi connectivity index (χ0v) is 10.4. The monoisotopic (exact) mass is 281 g/mol. The second-order valence-corrected chi connectivity index (χ2v) is 4.13. The Bertz CT molecular complexity index is 669. The quantitative estimate of drug-likeness (QED) is 0.831. The van der Waals surface area contributed by atoms with Gasteiger partial charge in [0.15, 0.2) is 11.6 Å². The first-order chi connectivity index (χ1) is 9.36. The molecule has 104 valence electrons. The third-order valence-corrected chi connectivity index (χ3v) is 2.48. The minimum Gasteiger partial charge on any atom is -0.384 e. The van der Waals surface area contributed by atoms with Crippen molar-refractivity contribution in [3.63, 3.8) is 0 Å². The number of nitrogens with zero attached hydrogens (tertiary/aromatic N) is 1. The van der Waals surface area contributed by atoms with Crippen molar-refractivity contribution in [1.29, 1.82) is 0 Å². The summed E-state index contributed by atoms with van der Waals surface area (Å²) in [5.74, 6) is -4.35. The van der Waals surface area contributed by atoms with Crippen molar-refractivity contribution in [2.24, 2.45) is 0 Å². The summed E-state index contributed by atoms with van der Waals surface area (Å²) in [4.78, 5) is 15.8. The summed E-state index contributed by atoms with van der Waals surface area (Å²) in [7, 11) is 0. The Hall–Kier alpha value is -2.57. The molecule has 0 radical (unpaired) electrons. The molecule has 7 heteroatoms. The summed E-state index contributed by atoms with van der Waals surface area (Å²) in [6.07, 6.45) is 0. The summed E-state index contributed by atoms with van der Waals surface area (Å²) in [6, 6.07) is 3.77. The van der Waals surface area contributed by atoms with Gasteiger partial charge in [-0.1, -0.05) is 0 Å². The van der Waals surface area contributed by atoms with Crippen LogP contribution in [0.15, 0.2) is 24.3 Å². The van der Waals surface area contributed by atoms with Crippen LogP contribution in [-0.4, -0.2) is 10.9 Å². The van der Waals surface area contributed by atoms with Gasteiger partial charge in [-0.05, 0) is 19.1 Å². The van der Waals surface area contributed by atoms with Crippen molar-refractivity contribution in [1.82, 2.24) is 4.98 Å². The van der Waals surface area contributed by atoms with E-state index in [1.54, 1.807) is 6.92 Å². The molecule has 0 aliphatic rings. The predicted octanol–water partition coefficient (Wildman–Crippen LogP) is 2.64. The van der Waals surface area contributed by atoms with Crippen molar-refractivity contribution in [3.05, 3.63) is 53.0 Å². The number of nitrogens with two attached hydrogens (primary N) is 1. The van der Waals surface area contributed by atoms with Crippen LogP contribution in [0.2, 0.25) is 0 Å². The molecule has 0 aliphatic carbocycles. The van der Waals surface area contributed by atoms with E-state index in [0.29, 0.717) is 17.8 Å². The fraction of sp³-hybridized carbons (Fsp3) is 0.0769. The molecule has 0 unspecified atom stereocenters. The molecule has 0 bridgehead atoms. The number of nitrogen functional groups attached to an aromatic ring is 1. The molecule has 1 amide bonds. The minimum atomic E-state index is -1.38. The van der Waals surface area contributed by atoms with Gasteiger partial charge in [0.25, 0.3) is 5.91 Å². The second kappa shape index (κ2) is 5.20. The van der Waals surface area contributed by atoms with Crippen molar-refractivity contribution in [2.75, 3.05) is 11.1 Å². The SMILES string of the molecule is Cc1cc(C(=O)Nc2cc(F)cc(F)c2F)cc(N)n1. The average Bonchev–Trinajstić information content (AvgIpc) is 2.34. The Morgan fingerprint density at radius 2 is 1.90 bits per heavy atom. The van der Waals surface area contributed by atoms with Crippen molar-refractivity contribution >= 4 is 17.4 Å². The van der Waals surface area contributed by atoms with Gasteiger partial charge < -0.3 is 11.1 Å². The Morgan fingerprint density at radius 1 is 1.20 bits per heavy atom. The van der Waals surface area contributed by atoms with Crippen LogP contribution >= 0.6 is 0 Å². The summed E-state index contributed by atoms with van der Waals surface area (Å²) in [5.41, 5.74) is 5.50. The van der Waals surface area contributed by atoms with Crippen molar-refractivity contribution in [2.45, 2.75) is 6.92 Å². The molecular formula is C13H10F3N3O. The predicted molar refractivity (Wildman–Crippen MR) is 67.7 cm³/mol. The Labute approximate surface area is 112 Å². The Kier molecular flexibility index (Phi) is 3.60. The molecule has 0 saturated carbocycles. The standard InChI is InChI=1S/C13H10F3N3O/c1-6-2-7(3-11(17)18-6)13(20)19-10-5-8(14)4-9(15)12(10)16/h2-5H,1H3,(H2,17,18)(H,19,20). The maximum Gasteiger partial charge on any atom is 0.255 e. The molecule has 0 aliphatic heterocycles. The van der Waals surface area contributed by atoms with E-state index in [4.69, 9.17) is 5.73 Å². The van der Waals surface area contributed by atoms with E-state index >= 15 is 0 Å². The smallest absolute Gasteiger partial charge is 0.255 e. The van der Waals surface area contributed by atoms with Gasteiger partial charge >= 0.3 is 0 Å². The van der Waals surface area contributed by atoms with E-state index in [0.717, 1.165) is 0 Å². The van der Waals surface area contributed by atoms with Gasteiger partial charge in [-0.15, -0.1) is 0 Å². The van der Waals surface area contributed by atoms with Crippen LogP contribution in [0.3, 0.4) is 0 Å². The molecule has 2 rings (SSSR count). The van der Waals surface area contributed by atoms with Gasteiger partial charge in [-0.2, -0.15) is 0 Å². The van der Waals surface area contributed by atoms with Gasteiger partial charge in [0.05, 0.1) is 5.69 Å². The van der Waals surface area contributed by atoms with Crippen LogP contribution in [-0.2, 0) is 0 Å². The molecule has 20 heavy (non-hydrogen) atoms. The number of hydrogen-bond donors (Lipinski definition) is 2. The highest BCUT2D eigenvalue weighted by Gasteiger charge is 2.15. The highest BCUT2D eigenvalue weighted by molar-refractivity contribution is 6.04. The first kappa shape index (κ1) is 13.9. The first-order valence-corrected chi connectivity index (χ1v) is 5.57. The zero-order valence-electron chi connectivity index (χ0n) is 10.4. The van der Waals surface area contributed by atoms with Crippen LogP contribution in [0.5, 0.6) is 0 Å². The topological polar surface area (TPSA) is 68.0 Å². The lowest BCUT2D eigenvalue weighted by molar-refractivity contribution is 0.102. The molecule has 4 nitrogen and oxygen atoms in total. The molecule has 0 fully saturated rings. The van der Waals surface area contributed by atoms with Crippen LogP contribution < -0.4 is 11.1 Å². The first-order valence-electron chi connectivity index (χ1n) is 5.57. The lowest BCUT2D eigenvalue weighted by atomic mass is 10.2. The number of hydrogen-bond acceptors (Lipinski definition) is 3. The van der Waals surface area contributed by atoms with E-state index in [9.17, 15) is 18.0 Å². The van der Waals surface area contributed by atoms with Gasteiger partial charge in [0.2, 0.25) is 0 Å². The lowest BCUT2D eigenvalue weighted by Crippen LogP contribution is -2.15. The van der Waals surface area contributed by atoms with Gasteiger partial charge in [0, 0.05) is 23.4 Å². The molecule has 0 saturated heterocycles. The number of benzene rings is 1. The number of aryl methyl sites for hydroxylation is 1. The Balaban J connectivity index is 2.32. The molecule has 3 N–H and O–H groups in total. The largest absolute Gasteiger partial charge is 0.384 e. The van der Waals surface area contributed by atoms with Crippen molar-refractivity contribution in [3.8, 4) is 0 Å². The number of pyridine rings is 1. The maximum absolute atomic E-state index is 13.4. The van der Waals surface area contributed by atoms with E-state index in [1.165, 1.54) is 12.1 Å². The molecule has 2 aromatic rings. The van der Waals surface area contributed by atoms with E-state index in [-0.39, 0.29) is 11.4 Å².